The van der Waals surface area contributed by atoms with Gasteiger partial charge in [-0.25, -0.2) is 4.68 Å². The predicted molar refractivity (Wildman–Crippen MR) is 76.6 cm³/mol. The Kier molecular flexibility index (Phi) is 4.14. The van der Waals surface area contributed by atoms with Crippen LogP contribution in [-0.4, -0.2) is 20.2 Å². The molecular formula is C14H21N5. The minimum absolute atomic E-state index is 0.307. The Balaban J connectivity index is 2.33. The summed E-state index contributed by atoms with van der Waals surface area (Å²) in [6, 6.07) is 6.13. The number of benzene rings is 1. The second-order valence-electron chi connectivity index (χ2n) is 5.01. The lowest BCUT2D eigenvalue weighted by Gasteiger charge is -2.14. The molecule has 0 radical (unpaired) electrons. The monoisotopic (exact) mass is 259 g/mol. The highest BCUT2D eigenvalue weighted by atomic mass is 15.5. The van der Waals surface area contributed by atoms with Gasteiger partial charge in [-0.05, 0) is 54.5 Å². The molecule has 0 fully saturated rings. The van der Waals surface area contributed by atoms with Gasteiger partial charge in [0.2, 0.25) is 0 Å². The van der Waals surface area contributed by atoms with Crippen molar-refractivity contribution in [2.24, 2.45) is 0 Å². The van der Waals surface area contributed by atoms with Gasteiger partial charge in [-0.1, -0.05) is 19.8 Å². The fraction of sp³-hybridized carbons (Fsp3) is 0.500. The fourth-order valence-electron chi connectivity index (χ4n) is 2.23. The highest BCUT2D eigenvalue weighted by molar-refractivity contribution is 5.63. The molecular weight excluding hydrogens is 238 g/mol. The van der Waals surface area contributed by atoms with Crippen LogP contribution in [-0.2, 0) is 0 Å². The van der Waals surface area contributed by atoms with E-state index < -0.39 is 0 Å². The third-order valence-electron chi connectivity index (χ3n) is 3.38. The Hall–Kier alpha value is -1.91. The van der Waals surface area contributed by atoms with Crippen LogP contribution >= 0.6 is 0 Å². The molecule has 5 nitrogen and oxygen atoms in total. The molecule has 1 atom stereocenters. The number of anilines is 1. The number of aromatic nitrogens is 4. The maximum absolute atomic E-state index is 5.79. The Morgan fingerprint density at radius 1 is 1.37 bits per heavy atom. The zero-order chi connectivity index (χ0) is 13.8. The number of tetrazole rings is 1. The highest BCUT2D eigenvalue weighted by Gasteiger charge is 2.15. The van der Waals surface area contributed by atoms with E-state index in [9.17, 15) is 0 Å². The summed E-state index contributed by atoms with van der Waals surface area (Å²) in [6.45, 7) is 6.38. The number of hydrogen-bond donors (Lipinski definition) is 1. The fourth-order valence-corrected chi connectivity index (χ4v) is 2.23. The van der Waals surface area contributed by atoms with Crippen molar-refractivity contribution in [3.05, 3.63) is 23.8 Å². The largest absolute Gasteiger partial charge is 0.399 e. The molecule has 0 saturated heterocycles. The van der Waals surface area contributed by atoms with Crippen LogP contribution in [0.15, 0.2) is 18.2 Å². The first-order chi connectivity index (χ1) is 9.13. The average Bonchev–Trinajstić information content (AvgIpc) is 2.85. The SMILES string of the molecule is CCCCC(C)n1nnnc1-c1ccc(N)cc1C. The summed E-state index contributed by atoms with van der Waals surface area (Å²) < 4.78 is 1.91. The third kappa shape index (κ3) is 2.92. The van der Waals surface area contributed by atoms with Crippen molar-refractivity contribution in [3.8, 4) is 11.4 Å². The van der Waals surface area contributed by atoms with Crippen molar-refractivity contribution in [2.45, 2.75) is 46.1 Å². The molecule has 0 spiro atoms. The van der Waals surface area contributed by atoms with E-state index in [0.29, 0.717) is 6.04 Å². The van der Waals surface area contributed by atoms with Crippen molar-refractivity contribution >= 4 is 5.69 Å². The van der Waals surface area contributed by atoms with E-state index in [1.54, 1.807) is 0 Å². The molecule has 0 aliphatic carbocycles. The Labute approximate surface area is 113 Å². The Morgan fingerprint density at radius 3 is 2.84 bits per heavy atom. The molecule has 1 aromatic heterocycles. The summed E-state index contributed by atoms with van der Waals surface area (Å²) in [7, 11) is 0. The van der Waals surface area contributed by atoms with Gasteiger partial charge in [0.05, 0.1) is 6.04 Å². The number of hydrogen-bond acceptors (Lipinski definition) is 4. The summed E-state index contributed by atoms with van der Waals surface area (Å²) in [5.74, 6) is 0.820. The van der Waals surface area contributed by atoms with E-state index in [1.165, 1.54) is 12.8 Å². The molecule has 1 aromatic carbocycles. The number of nitrogens with zero attached hydrogens (tertiary/aromatic N) is 4. The molecule has 5 heteroatoms. The number of rotatable bonds is 5. The third-order valence-corrected chi connectivity index (χ3v) is 3.38. The molecule has 1 unspecified atom stereocenters. The zero-order valence-corrected chi connectivity index (χ0v) is 11.8. The molecule has 0 saturated carbocycles. The van der Waals surface area contributed by atoms with Crippen LogP contribution in [0.2, 0.25) is 0 Å². The van der Waals surface area contributed by atoms with Gasteiger partial charge in [-0.2, -0.15) is 0 Å². The first-order valence-electron chi connectivity index (χ1n) is 6.77. The molecule has 19 heavy (non-hydrogen) atoms. The number of aryl methyl sites for hydroxylation is 1. The standard InChI is InChI=1S/C14H21N5/c1-4-5-6-11(3)19-14(16-17-18-19)13-8-7-12(15)9-10(13)2/h7-9,11H,4-6,15H2,1-3H3. The van der Waals surface area contributed by atoms with Crippen LogP contribution < -0.4 is 5.73 Å². The average molecular weight is 259 g/mol. The number of nitrogens with two attached hydrogens (primary N) is 1. The van der Waals surface area contributed by atoms with E-state index in [-0.39, 0.29) is 0 Å². The minimum Gasteiger partial charge on any atom is -0.399 e. The number of nitrogen functional groups attached to an aromatic ring is 1. The lowest BCUT2D eigenvalue weighted by molar-refractivity contribution is 0.437. The Bertz CT molecular complexity index is 547. The predicted octanol–water partition coefficient (Wildman–Crippen LogP) is 2.98. The van der Waals surface area contributed by atoms with Crippen molar-refractivity contribution in [2.75, 3.05) is 5.73 Å². The highest BCUT2D eigenvalue weighted by Crippen LogP contribution is 2.25. The van der Waals surface area contributed by atoms with Gasteiger partial charge in [0.1, 0.15) is 0 Å². The van der Waals surface area contributed by atoms with E-state index >= 15 is 0 Å². The maximum atomic E-state index is 5.79. The molecule has 2 aromatic rings. The first-order valence-corrected chi connectivity index (χ1v) is 6.77. The van der Waals surface area contributed by atoms with Gasteiger partial charge >= 0.3 is 0 Å². The summed E-state index contributed by atoms with van der Waals surface area (Å²) in [5.41, 5.74) is 8.69. The quantitative estimate of drug-likeness (QED) is 0.838. The molecule has 2 rings (SSSR count). The molecule has 0 aliphatic rings. The molecule has 102 valence electrons. The molecule has 0 aliphatic heterocycles. The lowest BCUT2D eigenvalue weighted by Crippen LogP contribution is -2.09. The van der Waals surface area contributed by atoms with Gasteiger partial charge in [-0.3, -0.25) is 0 Å². The van der Waals surface area contributed by atoms with Crippen LogP contribution in [0.3, 0.4) is 0 Å². The summed E-state index contributed by atoms with van der Waals surface area (Å²) in [5, 5.41) is 12.1. The van der Waals surface area contributed by atoms with Crippen LogP contribution in [0.5, 0.6) is 0 Å². The normalized spacial score (nSPS) is 12.6. The second-order valence-corrected chi connectivity index (χ2v) is 5.01. The summed E-state index contributed by atoms with van der Waals surface area (Å²) >= 11 is 0. The molecule has 0 amide bonds. The van der Waals surface area contributed by atoms with E-state index in [4.69, 9.17) is 5.73 Å². The van der Waals surface area contributed by atoms with E-state index in [1.807, 2.05) is 29.8 Å². The van der Waals surface area contributed by atoms with Gasteiger partial charge in [-0.15, -0.1) is 5.10 Å². The molecule has 1 heterocycles. The van der Waals surface area contributed by atoms with Gasteiger partial charge in [0.15, 0.2) is 5.82 Å². The summed E-state index contributed by atoms with van der Waals surface area (Å²) in [6.07, 6.45) is 3.45. The minimum atomic E-state index is 0.307. The second kappa shape index (κ2) is 5.82. The van der Waals surface area contributed by atoms with Crippen LogP contribution in [0.4, 0.5) is 5.69 Å². The van der Waals surface area contributed by atoms with Crippen LogP contribution in [0.1, 0.15) is 44.7 Å². The van der Waals surface area contributed by atoms with E-state index in [2.05, 4.69) is 29.4 Å². The lowest BCUT2D eigenvalue weighted by atomic mass is 10.1. The van der Waals surface area contributed by atoms with E-state index in [0.717, 1.165) is 29.1 Å². The Morgan fingerprint density at radius 2 is 2.16 bits per heavy atom. The first kappa shape index (κ1) is 13.5. The topological polar surface area (TPSA) is 69.6 Å². The van der Waals surface area contributed by atoms with Gasteiger partial charge in [0, 0.05) is 11.3 Å². The van der Waals surface area contributed by atoms with Crippen LogP contribution in [0, 0.1) is 6.92 Å². The van der Waals surface area contributed by atoms with Gasteiger partial charge in [0.25, 0.3) is 0 Å². The molecule has 2 N–H and O–H groups in total. The zero-order valence-electron chi connectivity index (χ0n) is 11.8. The molecule has 0 bridgehead atoms. The van der Waals surface area contributed by atoms with Crippen LogP contribution in [0.25, 0.3) is 11.4 Å². The van der Waals surface area contributed by atoms with Crippen molar-refractivity contribution < 1.29 is 0 Å². The number of unbranched alkanes of at least 4 members (excludes halogenated alkanes) is 1. The van der Waals surface area contributed by atoms with Gasteiger partial charge < -0.3 is 5.73 Å². The van der Waals surface area contributed by atoms with Crippen molar-refractivity contribution in [1.82, 2.24) is 20.2 Å². The maximum Gasteiger partial charge on any atom is 0.182 e. The van der Waals surface area contributed by atoms with Crippen molar-refractivity contribution in [3.63, 3.8) is 0 Å². The smallest absolute Gasteiger partial charge is 0.182 e. The van der Waals surface area contributed by atoms with Crippen molar-refractivity contribution in [1.29, 1.82) is 0 Å². The summed E-state index contributed by atoms with van der Waals surface area (Å²) in [4.78, 5) is 0.